The van der Waals surface area contributed by atoms with Crippen LogP contribution >= 0.6 is 0 Å². The number of carbonyl (C=O) groups excluding carboxylic acids is 1. The van der Waals surface area contributed by atoms with E-state index in [0.717, 1.165) is 18.3 Å². The van der Waals surface area contributed by atoms with Crippen LogP contribution in [0.15, 0.2) is 18.2 Å². The van der Waals surface area contributed by atoms with Crippen LogP contribution in [0.4, 0.5) is 0 Å². The molecule has 1 aromatic rings. The third-order valence-corrected chi connectivity index (χ3v) is 4.29. The largest absolute Gasteiger partial charge is 0.298 e. The van der Waals surface area contributed by atoms with E-state index < -0.39 is 0 Å². The molecule has 0 spiro atoms. The minimum atomic E-state index is 0.544. The topological polar surface area (TPSA) is 17.1 Å². The van der Waals surface area contributed by atoms with Gasteiger partial charge in [-0.3, -0.25) is 4.79 Å². The van der Waals surface area contributed by atoms with Gasteiger partial charge < -0.3 is 0 Å². The molecule has 1 atom stereocenters. The fraction of sp³-hybridized carbons (Fsp3) is 0.632. The highest BCUT2D eigenvalue weighted by Gasteiger charge is 2.15. The summed E-state index contributed by atoms with van der Waals surface area (Å²) in [4.78, 5) is 11.2. The Kier molecular flexibility index (Phi) is 8.25. The smallest absolute Gasteiger partial charge is 0.150 e. The third-order valence-electron chi connectivity index (χ3n) is 4.29. The maximum absolute atomic E-state index is 11.2. The minimum absolute atomic E-state index is 0.544. The van der Waals surface area contributed by atoms with Crippen LogP contribution in [0, 0.1) is 6.92 Å². The number of benzene rings is 1. The van der Waals surface area contributed by atoms with Crippen molar-refractivity contribution in [2.24, 2.45) is 0 Å². The van der Waals surface area contributed by atoms with Gasteiger partial charge in [0.15, 0.2) is 0 Å². The van der Waals surface area contributed by atoms with Crippen LogP contribution in [0.3, 0.4) is 0 Å². The first-order chi connectivity index (χ1) is 9.74. The normalized spacial score (nSPS) is 12.3. The molecule has 112 valence electrons. The van der Waals surface area contributed by atoms with Crippen molar-refractivity contribution in [1.82, 2.24) is 0 Å². The van der Waals surface area contributed by atoms with Crippen molar-refractivity contribution in [2.75, 3.05) is 0 Å². The average molecular weight is 274 g/mol. The molecule has 0 radical (unpaired) electrons. The summed E-state index contributed by atoms with van der Waals surface area (Å²) >= 11 is 0. The van der Waals surface area contributed by atoms with Gasteiger partial charge >= 0.3 is 0 Å². The summed E-state index contributed by atoms with van der Waals surface area (Å²) in [5.41, 5.74) is 3.45. The molecule has 0 amide bonds. The molecule has 1 rings (SSSR count). The minimum Gasteiger partial charge on any atom is -0.298 e. The molecular formula is C19H30O. The lowest BCUT2D eigenvalue weighted by molar-refractivity contribution is 0.112. The highest BCUT2D eigenvalue weighted by Crippen LogP contribution is 2.30. The van der Waals surface area contributed by atoms with Crippen LogP contribution in [0.1, 0.15) is 92.6 Å². The molecule has 20 heavy (non-hydrogen) atoms. The number of aryl methyl sites for hydroxylation is 1. The summed E-state index contributed by atoms with van der Waals surface area (Å²) in [7, 11) is 0. The van der Waals surface area contributed by atoms with Gasteiger partial charge in [0.1, 0.15) is 6.29 Å². The predicted molar refractivity (Wildman–Crippen MR) is 87.6 cm³/mol. The van der Waals surface area contributed by atoms with Crippen molar-refractivity contribution in [2.45, 2.75) is 78.1 Å². The highest BCUT2D eigenvalue weighted by molar-refractivity contribution is 5.78. The Hall–Kier alpha value is -1.11. The first-order valence-electron chi connectivity index (χ1n) is 8.29. The van der Waals surface area contributed by atoms with E-state index >= 15 is 0 Å². The highest BCUT2D eigenvalue weighted by atomic mass is 16.1. The Morgan fingerprint density at radius 1 is 1.05 bits per heavy atom. The molecule has 0 saturated heterocycles. The Bertz CT molecular complexity index is 395. The van der Waals surface area contributed by atoms with Gasteiger partial charge in [-0.1, -0.05) is 70.6 Å². The van der Waals surface area contributed by atoms with E-state index in [1.807, 2.05) is 12.1 Å². The van der Waals surface area contributed by atoms with Crippen molar-refractivity contribution >= 4 is 6.29 Å². The molecule has 0 N–H and O–H groups in total. The molecular weight excluding hydrogens is 244 g/mol. The van der Waals surface area contributed by atoms with E-state index in [9.17, 15) is 4.79 Å². The zero-order chi connectivity index (χ0) is 14.8. The Morgan fingerprint density at radius 3 is 2.40 bits per heavy atom. The van der Waals surface area contributed by atoms with Crippen molar-refractivity contribution in [3.63, 3.8) is 0 Å². The van der Waals surface area contributed by atoms with Gasteiger partial charge in [0.05, 0.1) is 0 Å². The molecule has 1 unspecified atom stereocenters. The SMILES string of the molecule is CCCCCCCCC(CC)c1c(C)cccc1C=O. The van der Waals surface area contributed by atoms with Crippen LogP contribution in [-0.2, 0) is 0 Å². The molecule has 0 bridgehead atoms. The second kappa shape index (κ2) is 9.74. The lowest BCUT2D eigenvalue weighted by atomic mass is 9.85. The fourth-order valence-corrected chi connectivity index (χ4v) is 3.09. The van der Waals surface area contributed by atoms with Crippen molar-refractivity contribution in [3.05, 3.63) is 34.9 Å². The Balaban J connectivity index is 2.56. The number of rotatable bonds is 10. The van der Waals surface area contributed by atoms with Crippen LogP contribution in [0.25, 0.3) is 0 Å². The summed E-state index contributed by atoms with van der Waals surface area (Å²) in [5, 5.41) is 0. The van der Waals surface area contributed by atoms with E-state index in [1.54, 1.807) is 0 Å². The second-order valence-corrected chi connectivity index (χ2v) is 5.86. The average Bonchev–Trinajstić information content (AvgIpc) is 2.47. The monoisotopic (exact) mass is 274 g/mol. The maximum atomic E-state index is 11.2. The van der Waals surface area contributed by atoms with Gasteiger partial charge in [-0.05, 0) is 36.8 Å². The summed E-state index contributed by atoms with van der Waals surface area (Å²) < 4.78 is 0. The van der Waals surface area contributed by atoms with E-state index in [4.69, 9.17) is 0 Å². The van der Waals surface area contributed by atoms with Gasteiger partial charge in [-0.2, -0.15) is 0 Å². The molecule has 0 aliphatic heterocycles. The van der Waals surface area contributed by atoms with Gasteiger partial charge in [-0.15, -0.1) is 0 Å². The first-order valence-corrected chi connectivity index (χ1v) is 8.29. The molecule has 0 aliphatic rings. The fourth-order valence-electron chi connectivity index (χ4n) is 3.09. The maximum Gasteiger partial charge on any atom is 0.150 e. The van der Waals surface area contributed by atoms with Crippen molar-refractivity contribution in [1.29, 1.82) is 0 Å². The lowest BCUT2D eigenvalue weighted by Crippen LogP contribution is -2.04. The van der Waals surface area contributed by atoms with Crippen molar-refractivity contribution < 1.29 is 4.79 Å². The van der Waals surface area contributed by atoms with Gasteiger partial charge in [0.25, 0.3) is 0 Å². The predicted octanol–water partition coefficient (Wildman–Crippen LogP) is 6.05. The number of hydrogen-bond donors (Lipinski definition) is 0. The van der Waals surface area contributed by atoms with Crippen molar-refractivity contribution in [3.8, 4) is 0 Å². The first kappa shape index (κ1) is 16.9. The van der Waals surface area contributed by atoms with Crippen LogP contribution in [0.5, 0.6) is 0 Å². The van der Waals surface area contributed by atoms with Crippen LogP contribution in [-0.4, -0.2) is 6.29 Å². The van der Waals surface area contributed by atoms with E-state index in [2.05, 4.69) is 26.8 Å². The van der Waals surface area contributed by atoms with Gasteiger partial charge in [0, 0.05) is 5.56 Å². The molecule has 1 heteroatoms. The Morgan fingerprint density at radius 2 is 1.75 bits per heavy atom. The molecule has 0 aliphatic carbocycles. The van der Waals surface area contributed by atoms with Crippen LogP contribution in [0.2, 0.25) is 0 Å². The number of aldehydes is 1. The quantitative estimate of drug-likeness (QED) is 0.375. The molecule has 0 heterocycles. The van der Waals surface area contributed by atoms with E-state index in [-0.39, 0.29) is 0 Å². The lowest BCUT2D eigenvalue weighted by Gasteiger charge is -2.19. The molecule has 1 aromatic carbocycles. The molecule has 0 fully saturated rings. The standard InChI is InChI=1S/C19H30O/c1-4-6-7-8-9-10-13-17(5-2)19-16(3)12-11-14-18(19)15-20/h11-12,14-15,17H,4-10,13H2,1-3H3. The Labute approximate surface area is 124 Å². The molecule has 0 saturated carbocycles. The summed E-state index contributed by atoms with van der Waals surface area (Å²) in [6.07, 6.45) is 11.4. The molecule has 0 aromatic heterocycles. The summed E-state index contributed by atoms with van der Waals surface area (Å²) in [6.45, 7) is 6.63. The van der Waals surface area contributed by atoms with Crippen LogP contribution < -0.4 is 0 Å². The second-order valence-electron chi connectivity index (χ2n) is 5.86. The number of carbonyl (C=O) groups is 1. The molecule has 1 nitrogen and oxygen atoms in total. The third kappa shape index (κ3) is 5.11. The summed E-state index contributed by atoms with van der Waals surface area (Å²) in [6, 6.07) is 6.07. The van der Waals surface area contributed by atoms with E-state index in [0.29, 0.717) is 5.92 Å². The zero-order valence-corrected chi connectivity index (χ0v) is 13.5. The van der Waals surface area contributed by atoms with Gasteiger partial charge in [0.2, 0.25) is 0 Å². The number of unbranched alkanes of at least 4 members (excludes halogenated alkanes) is 5. The van der Waals surface area contributed by atoms with Gasteiger partial charge in [-0.25, -0.2) is 0 Å². The van der Waals surface area contributed by atoms with E-state index in [1.165, 1.54) is 56.1 Å². The zero-order valence-electron chi connectivity index (χ0n) is 13.5. The number of hydrogen-bond acceptors (Lipinski definition) is 1. The summed E-state index contributed by atoms with van der Waals surface area (Å²) in [5.74, 6) is 0.544.